The molecule has 0 aliphatic rings. The Morgan fingerprint density at radius 3 is 2.53 bits per heavy atom. The van der Waals surface area contributed by atoms with Crippen molar-refractivity contribution in [2.75, 3.05) is 6.61 Å². The Balaban J connectivity index is 3.61. The highest BCUT2D eigenvalue weighted by molar-refractivity contribution is 5.88. The van der Waals surface area contributed by atoms with Gasteiger partial charge in [0.15, 0.2) is 0 Å². The summed E-state index contributed by atoms with van der Waals surface area (Å²) < 4.78 is 4.97. The Hall–Kier alpha value is -0.830. The maximum absolute atomic E-state index is 11.3. The van der Waals surface area contributed by atoms with Crippen LogP contribution in [0.2, 0.25) is 0 Å². The zero-order valence-corrected chi connectivity index (χ0v) is 9.79. The molecule has 0 aromatic rings. The molecule has 0 amide bonds. The van der Waals surface area contributed by atoms with Gasteiger partial charge in [-0.25, -0.2) is 4.79 Å². The maximum atomic E-state index is 11.3. The van der Waals surface area contributed by atoms with Crippen molar-refractivity contribution in [1.82, 2.24) is 0 Å². The van der Waals surface area contributed by atoms with Gasteiger partial charge in [0.2, 0.25) is 0 Å². The molecule has 1 N–H and O–H groups in total. The van der Waals surface area contributed by atoms with Crippen molar-refractivity contribution >= 4 is 5.97 Å². The predicted molar refractivity (Wildman–Crippen MR) is 60.5 cm³/mol. The number of rotatable bonds is 8. The third kappa shape index (κ3) is 6.28. The van der Waals surface area contributed by atoms with E-state index in [1.807, 2.05) is 0 Å². The standard InChI is InChI=1S/C12H22O3/c1-4-6-7-8-9-15-12(14)10(3)11(13)5-2/h11,13H,3-9H2,1-2H3. The molecule has 0 aliphatic heterocycles. The van der Waals surface area contributed by atoms with E-state index in [4.69, 9.17) is 4.74 Å². The van der Waals surface area contributed by atoms with Crippen LogP contribution in [0.4, 0.5) is 0 Å². The third-order valence-corrected chi connectivity index (χ3v) is 2.28. The average molecular weight is 214 g/mol. The highest BCUT2D eigenvalue weighted by Crippen LogP contribution is 2.07. The van der Waals surface area contributed by atoms with Crippen molar-refractivity contribution in [3.63, 3.8) is 0 Å². The van der Waals surface area contributed by atoms with Gasteiger partial charge < -0.3 is 9.84 Å². The molecule has 0 rings (SSSR count). The maximum Gasteiger partial charge on any atom is 0.336 e. The van der Waals surface area contributed by atoms with Crippen molar-refractivity contribution in [1.29, 1.82) is 0 Å². The molecular formula is C12H22O3. The van der Waals surface area contributed by atoms with Crippen LogP contribution in [0.25, 0.3) is 0 Å². The molecule has 1 unspecified atom stereocenters. The molecule has 0 spiro atoms. The van der Waals surface area contributed by atoms with Gasteiger partial charge in [-0.1, -0.05) is 39.7 Å². The summed E-state index contributed by atoms with van der Waals surface area (Å²) in [6.45, 7) is 7.87. The zero-order valence-electron chi connectivity index (χ0n) is 9.79. The number of unbranched alkanes of at least 4 members (excludes halogenated alkanes) is 3. The number of hydrogen-bond acceptors (Lipinski definition) is 3. The van der Waals surface area contributed by atoms with Gasteiger partial charge in [0.1, 0.15) is 0 Å². The van der Waals surface area contributed by atoms with Crippen LogP contribution in [0.15, 0.2) is 12.2 Å². The second-order valence-electron chi connectivity index (χ2n) is 3.65. The van der Waals surface area contributed by atoms with Crippen LogP contribution in [0.1, 0.15) is 46.0 Å². The Morgan fingerprint density at radius 1 is 1.33 bits per heavy atom. The summed E-state index contributed by atoms with van der Waals surface area (Å²) in [6.07, 6.45) is 4.00. The summed E-state index contributed by atoms with van der Waals surface area (Å²) in [7, 11) is 0. The summed E-state index contributed by atoms with van der Waals surface area (Å²) in [6, 6.07) is 0. The average Bonchev–Trinajstić information content (AvgIpc) is 2.26. The minimum absolute atomic E-state index is 0.160. The van der Waals surface area contributed by atoms with Crippen molar-refractivity contribution in [3.05, 3.63) is 12.2 Å². The molecule has 1 atom stereocenters. The van der Waals surface area contributed by atoms with Crippen molar-refractivity contribution < 1.29 is 14.6 Å². The van der Waals surface area contributed by atoms with E-state index in [-0.39, 0.29) is 5.57 Å². The van der Waals surface area contributed by atoms with Gasteiger partial charge in [-0.2, -0.15) is 0 Å². The van der Waals surface area contributed by atoms with Crippen LogP contribution >= 0.6 is 0 Å². The molecule has 0 saturated heterocycles. The zero-order chi connectivity index (χ0) is 11.7. The molecule has 88 valence electrons. The largest absolute Gasteiger partial charge is 0.462 e. The van der Waals surface area contributed by atoms with E-state index in [1.165, 1.54) is 0 Å². The lowest BCUT2D eigenvalue weighted by Gasteiger charge is -2.10. The highest BCUT2D eigenvalue weighted by atomic mass is 16.5. The molecule has 0 radical (unpaired) electrons. The second-order valence-corrected chi connectivity index (χ2v) is 3.65. The number of hydrogen-bond donors (Lipinski definition) is 1. The minimum atomic E-state index is -0.770. The molecule has 0 fully saturated rings. The quantitative estimate of drug-likeness (QED) is 0.383. The first kappa shape index (κ1) is 14.2. The number of aliphatic hydroxyl groups excluding tert-OH is 1. The van der Waals surface area contributed by atoms with E-state index in [9.17, 15) is 9.90 Å². The van der Waals surface area contributed by atoms with Crippen molar-refractivity contribution in [3.8, 4) is 0 Å². The molecule has 0 aromatic carbocycles. The number of aliphatic hydroxyl groups is 1. The van der Waals surface area contributed by atoms with Crippen LogP contribution in [-0.4, -0.2) is 23.8 Å². The van der Waals surface area contributed by atoms with Crippen LogP contribution in [-0.2, 0) is 9.53 Å². The number of carbonyl (C=O) groups is 1. The Kier molecular flexibility index (Phi) is 8.01. The fraction of sp³-hybridized carbons (Fsp3) is 0.750. The first-order valence-electron chi connectivity index (χ1n) is 5.67. The third-order valence-electron chi connectivity index (χ3n) is 2.28. The van der Waals surface area contributed by atoms with E-state index in [0.717, 1.165) is 25.7 Å². The number of ether oxygens (including phenoxy) is 1. The summed E-state index contributed by atoms with van der Waals surface area (Å²) in [5.74, 6) is -0.471. The van der Waals surface area contributed by atoms with E-state index in [1.54, 1.807) is 6.92 Å². The summed E-state index contributed by atoms with van der Waals surface area (Å²) >= 11 is 0. The normalized spacial score (nSPS) is 12.2. The number of esters is 1. The van der Waals surface area contributed by atoms with Gasteiger partial charge in [-0.05, 0) is 12.8 Å². The number of carbonyl (C=O) groups excluding carboxylic acids is 1. The fourth-order valence-electron chi connectivity index (χ4n) is 1.17. The molecule has 3 nitrogen and oxygen atoms in total. The Morgan fingerprint density at radius 2 is 2.00 bits per heavy atom. The van der Waals surface area contributed by atoms with Gasteiger partial charge in [-0.15, -0.1) is 0 Å². The van der Waals surface area contributed by atoms with Crippen LogP contribution in [0.3, 0.4) is 0 Å². The predicted octanol–water partition coefficient (Wildman–Crippen LogP) is 2.44. The molecule has 0 aromatic heterocycles. The summed E-state index contributed by atoms with van der Waals surface area (Å²) in [5, 5.41) is 9.34. The van der Waals surface area contributed by atoms with Crippen LogP contribution in [0, 0.1) is 0 Å². The fourth-order valence-corrected chi connectivity index (χ4v) is 1.17. The second kappa shape index (κ2) is 8.48. The first-order valence-corrected chi connectivity index (χ1v) is 5.67. The van der Waals surface area contributed by atoms with Crippen LogP contribution < -0.4 is 0 Å². The smallest absolute Gasteiger partial charge is 0.336 e. The Bertz CT molecular complexity index is 199. The molecule has 0 bridgehead atoms. The van der Waals surface area contributed by atoms with Gasteiger partial charge in [0, 0.05) is 0 Å². The van der Waals surface area contributed by atoms with Gasteiger partial charge >= 0.3 is 5.97 Å². The van der Waals surface area contributed by atoms with Crippen molar-refractivity contribution in [2.45, 2.75) is 52.1 Å². The van der Waals surface area contributed by atoms with E-state index in [0.29, 0.717) is 13.0 Å². The monoisotopic (exact) mass is 214 g/mol. The first-order chi connectivity index (χ1) is 7.13. The van der Waals surface area contributed by atoms with Crippen molar-refractivity contribution in [2.24, 2.45) is 0 Å². The van der Waals surface area contributed by atoms with E-state index < -0.39 is 12.1 Å². The highest BCUT2D eigenvalue weighted by Gasteiger charge is 2.15. The molecule has 15 heavy (non-hydrogen) atoms. The lowest BCUT2D eigenvalue weighted by molar-refractivity contribution is -0.140. The van der Waals surface area contributed by atoms with Gasteiger partial charge in [-0.3, -0.25) is 0 Å². The topological polar surface area (TPSA) is 46.5 Å². The molecule has 3 heteroatoms. The van der Waals surface area contributed by atoms with Gasteiger partial charge in [0.25, 0.3) is 0 Å². The minimum Gasteiger partial charge on any atom is -0.462 e. The van der Waals surface area contributed by atoms with Crippen LogP contribution in [0.5, 0.6) is 0 Å². The van der Waals surface area contributed by atoms with E-state index in [2.05, 4.69) is 13.5 Å². The Labute approximate surface area is 92.1 Å². The lowest BCUT2D eigenvalue weighted by Crippen LogP contribution is -2.18. The van der Waals surface area contributed by atoms with E-state index >= 15 is 0 Å². The summed E-state index contributed by atoms with van der Waals surface area (Å²) in [4.78, 5) is 11.3. The molecule has 0 aliphatic carbocycles. The molecule has 0 saturated carbocycles. The summed E-state index contributed by atoms with van der Waals surface area (Å²) in [5.41, 5.74) is 0.160. The lowest BCUT2D eigenvalue weighted by atomic mass is 10.1. The molecular weight excluding hydrogens is 192 g/mol. The van der Waals surface area contributed by atoms with Gasteiger partial charge in [0.05, 0.1) is 18.3 Å². The SMILES string of the molecule is C=C(C(=O)OCCCCCC)C(O)CC. The molecule has 0 heterocycles.